The molecule has 2 aromatic carbocycles. The lowest BCUT2D eigenvalue weighted by atomic mass is 9.99. The highest BCUT2D eigenvalue weighted by atomic mass is 16.4. The Morgan fingerprint density at radius 1 is 0.861 bits per heavy atom. The van der Waals surface area contributed by atoms with Gasteiger partial charge in [-0.05, 0) is 35.2 Å². The first-order valence-corrected chi connectivity index (χ1v) is 11.7. The third kappa shape index (κ3) is 8.21. The molecule has 3 rings (SSSR count). The average molecular weight is 491 g/mol. The van der Waals surface area contributed by atoms with E-state index in [9.17, 15) is 24.6 Å². The lowest BCUT2D eigenvalue weighted by molar-refractivity contribution is -0.138. The highest BCUT2D eigenvalue weighted by molar-refractivity contribution is 5.88. The molecule has 1 aromatic heterocycles. The van der Waals surface area contributed by atoms with Crippen LogP contribution in [0.25, 0.3) is 11.1 Å². The van der Waals surface area contributed by atoms with Gasteiger partial charge in [-0.2, -0.15) is 0 Å². The standard InChI is InChI=1S/C27H30N4O5/c32-18-23(30-25(33)10-6-16-29-24-9-4-5-15-28-24)27(36)31-22(17-26(34)35)21-13-11-20(12-14-21)19-7-2-1-3-8-19/h1-5,7-9,11-15,22-23,32H,6,10,16-18H2,(H,28,29)(H,30,33)(H,31,36)(H,34,35)/t22?,23-/m1/s1. The number of anilines is 1. The molecule has 0 aliphatic heterocycles. The Morgan fingerprint density at radius 3 is 2.19 bits per heavy atom. The van der Waals surface area contributed by atoms with Gasteiger partial charge < -0.3 is 26.2 Å². The summed E-state index contributed by atoms with van der Waals surface area (Å²) in [6, 6.07) is 20.4. The van der Waals surface area contributed by atoms with Crippen LogP contribution in [-0.2, 0) is 14.4 Å². The summed E-state index contributed by atoms with van der Waals surface area (Å²) in [4.78, 5) is 40.6. The van der Waals surface area contributed by atoms with E-state index < -0.39 is 36.5 Å². The number of aliphatic hydroxyl groups excluding tert-OH is 1. The minimum atomic E-state index is -1.19. The number of benzene rings is 2. The van der Waals surface area contributed by atoms with Crippen LogP contribution in [0.5, 0.6) is 0 Å². The number of aromatic nitrogens is 1. The number of amides is 2. The number of rotatable bonds is 13. The number of carboxylic acid groups (broad SMARTS) is 1. The van der Waals surface area contributed by atoms with Crippen molar-refractivity contribution < 1.29 is 24.6 Å². The van der Waals surface area contributed by atoms with Gasteiger partial charge in [0.2, 0.25) is 11.8 Å². The summed E-state index contributed by atoms with van der Waals surface area (Å²) in [6.45, 7) is -0.101. The molecule has 0 saturated heterocycles. The van der Waals surface area contributed by atoms with Crippen LogP contribution in [0.3, 0.4) is 0 Å². The van der Waals surface area contributed by atoms with E-state index in [1.165, 1.54) is 0 Å². The summed E-state index contributed by atoms with van der Waals surface area (Å²) >= 11 is 0. The second kappa shape index (κ2) is 13.6. The van der Waals surface area contributed by atoms with Gasteiger partial charge in [0.1, 0.15) is 11.9 Å². The molecule has 0 spiro atoms. The number of pyridine rings is 1. The van der Waals surface area contributed by atoms with E-state index in [4.69, 9.17) is 0 Å². The monoisotopic (exact) mass is 490 g/mol. The maximum absolute atomic E-state index is 12.8. The first-order chi connectivity index (χ1) is 17.5. The molecule has 0 radical (unpaired) electrons. The molecule has 0 saturated carbocycles. The number of carbonyl (C=O) groups excluding carboxylic acids is 2. The SMILES string of the molecule is O=C(O)CC(NC(=O)[C@@H](CO)NC(=O)CCCNc1ccccn1)c1ccc(-c2ccccc2)cc1. The third-order valence-corrected chi connectivity index (χ3v) is 5.50. The van der Waals surface area contributed by atoms with Gasteiger partial charge in [0.25, 0.3) is 0 Å². The molecule has 9 nitrogen and oxygen atoms in total. The van der Waals surface area contributed by atoms with Crippen molar-refractivity contribution in [3.05, 3.63) is 84.6 Å². The topological polar surface area (TPSA) is 141 Å². The van der Waals surface area contributed by atoms with E-state index in [-0.39, 0.29) is 12.8 Å². The van der Waals surface area contributed by atoms with E-state index >= 15 is 0 Å². The smallest absolute Gasteiger partial charge is 0.305 e. The fourth-order valence-corrected chi connectivity index (χ4v) is 3.63. The maximum Gasteiger partial charge on any atom is 0.305 e. The number of hydrogen-bond donors (Lipinski definition) is 5. The van der Waals surface area contributed by atoms with Crippen molar-refractivity contribution in [2.24, 2.45) is 0 Å². The van der Waals surface area contributed by atoms with Crippen molar-refractivity contribution in [3.8, 4) is 11.1 Å². The molecular weight excluding hydrogens is 460 g/mol. The minimum Gasteiger partial charge on any atom is -0.481 e. The number of aliphatic hydroxyl groups is 1. The number of carboxylic acids is 1. The molecule has 5 N–H and O–H groups in total. The molecule has 2 amide bonds. The zero-order valence-electron chi connectivity index (χ0n) is 19.8. The number of nitrogens with zero attached hydrogens (tertiary/aromatic N) is 1. The van der Waals surface area contributed by atoms with Crippen molar-refractivity contribution in [3.63, 3.8) is 0 Å². The second-order valence-corrected chi connectivity index (χ2v) is 8.20. The zero-order valence-corrected chi connectivity index (χ0v) is 19.8. The van der Waals surface area contributed by atoms with Gasteiger partial charge in [-0.1, -0.05) is 60.7 Å². The van der Waals surface area contributed by atoms with Crippen LogP contribution < -0.4 is 16.0 Å². The van der Waals surface area contributed by atoms with Crippen LogP contribution >= 0.6 is 0 Å². The van der Waals surface area contributed by atoms with Crippen molar-refractivity contribution in [1.82, 2.24) is 15.6 Å². The summed E-state index contributed by atoms with van der Waals surface area (Å²) in [7, 11) is 0. The third-order valence-electron chi connectivity index (χ3n) is 5.50. The molecule has 3 aromatic rings. The Hall–Kier alpha value is -4.24. The molecule has 9 heteroatoms. The summed E-state index contributed by atoms with van der Waals surface area (Å²) in [5, 5.41) is 27.3. The normalized spacial score (nSPS) is 12.2. The Bertz CT molecular complexity index is 1120. The van der Waals surface area contributed by atoms with Crippen LogP contribution in [0.4, 0.5) is 5.82 Å². The number of nitrogens with one attached hydrogen (secondary N) is 3. The van der Waals surface area contributed by atoms with Gasteiger partial charge in [-0.25, -0.2) is 4.98 Å². The van der Waals surface area contributed by atoms with Crippen LogP contribution in [0.2, 0.25) is 0 Å². The molecule has 2 atom stereocenters. The minimum absolute atomic E-state index is 0.142. The van der Waals surface area contributed by atoms with Crippen molar-refractivity contribution >= 4 is 23.6 Å². The lowest BCUT2D eigenvalue weighted by Gasteiger charge is -2.22. The van der Waals surface area contributed by atoms with Crippen LogP contribution in [-0.4, -0.2) is 52.2 Å². The number of carbonyl (C=O) groups is 3. The molecule has 0 aliphatic rings. The van der Waals surface area contributed by atoms with Gasteiger partial charge in [0.15, 0.2) is 0 Å². The molecule has 188 valence electrons. The van der Waals surface area contributed by atoms with Crippen molar-refractivity contribution in [1.29, 1.82) is 0 Å². The Kier molecular flexibility index (Phi) is 9.96. The van der Waals surface area contributed by atoms with E-state index in [1.807, 2.05) is 54.6 Å². The molecular formula is C27H30N4O5. The molecule has 1 unspecified atom stereocenters. The van der Waals surface area contributed by atoms with Crippen molar-refractivity contribution in [2.75, 3.05) is 18.5 Å². The van der Waals surface area contributed by atoms with Crippen LogP contribution in [0.15, 0.2) is 79.0 Å². The van der Waals surface area contributed by atoms with Gasteiger partial charge in [-0.3, -0.25) is 14.4 Å². The largest absolute Gasteiger partial charge is 0.481 e. The van der Waals surface area contributed by atoms with E-state index in [0.717, 1.165) is 11.1 Å². The molecule has 0 fully saturated rings. The zero-order chi connectivity index (χ0) is 25.8. The average Bonchev–Trinajstić information content (AvgIpc) is 2.90. The van der Waals surface area contributed by atoms with Crippen molar-refractivity contribution in [2.45, 2.75) is 31.3 Å². The Balaban J connectivity index is 1.55. The molecule has 0 bridgehead atoms. The molecule has 36 heavy (non-hydrogen) atoms. The predicted molar refractivity (Wildman–Crippen MR) is 136 cm³/mol. The number of hydrogen-bond acceptors (Lipinski definition) is 6. The highest BCUT2D eigenvalue weighted by Gasteiger charge is 2.25. The fourth-order valence-electron chi connectivity index (χ4n) is 3.63. The highest BCUT2D eigenvalue weighted by Crippen LogP contribution is 2.23. The lowest BCUT2D eigenvalue weighted by Crippen LogP contribution is -2.50. The van der Waals surface area contributed by atoms with Gasteiger partial charge in [0, 0.05) is 19.2 Å². The fraction of sp³-hybridized carbons (Fsp3) is 0.259. The summed E-state index contributed by atoms with van der Waals surface area (Å²) in [5.74, 6) is -1.44. The van der Waals surface area contributed by atoms with E-state index in [0.29, 0.717) is 24.3 Å². The Labute approximate surface area is 209 Å². The first-order valence-electron chi connectivity index (χ1n) is 11.7. The maximum atomic E-state index is 12.8. The van der Waals surface area contributed by atoms with E-state index in [2.05, 4.69) is 20.9 Å². The summed E-state index contributed by atoms with van der Waals surface area (Å²) < 4.78 is 0. The second-order valence-electron chi connectivity index (χ2n) is 8.20. The van der Waals surface area contributed by atoms with Gasteiger partial charge >= 0.3 is 5.97 Å². The first kappa shape index (κ1) is 26.4. The Morgan fingerprint density at radius 2 is 1.56 bits per heavy atom. The summed E-state index contributed by atoms with van der Waals surface area (Å²) in [5.41, 5.74) is 2.58. The predicted octanol–water partition coefficient (Wildman–Crippen LogP) is 2.75. The van der Waals surface area contributed by atoms with Crippen LogP contribution in [0, 0.1) is 0 Å². The quantitative estimate of drug-likeness (QED) is 0.232. The van der Waals surface area contributed by atoms with Gasteiger partial charge in [0.05, 0.1) is 19.1 Å². The van der Waals surface area contributed by atoms with Gasteiger partial charge in [-0.15, -0.1) is 0 Å². The molecule has 0 aliphatic carbocycles. The number of aliphatic carboxylic acids is 1. The van der Waals surface area contributed by atoms with Crippen LogP contribution in [0.1, 0.15) is 30.9 Å². The summed E-state index contributed by atoms with van der Waals surface area (Å²) in [6.07, 6.45) is 1.96. The molecule has 1 heterocycles. The van der Waals surface area contributed by atoms with E-state index in [1.54, 1.807) is 24.4 Å².